The van der Waals surface area contributed by atoms with E-state index < -0.39 is 4.92 Å². The number of non-ortho nitro benzene ring substituents is 1. The van der Waals surface area contributed by atoms with Crippen molar-refractivity contribution in [2.45, 2.75) is 6.61 Å². The van der Waals surface area contributed by atoms with Crippen LogP contribution in [0.15, 0.2) is 72.5 Å². The molecule has 0 spiro atoms. The van der Waals surface area contributed by atoms with Crippen LogP contribution in [0, 0.1) is 10.1 Å². The Morgan fingerprint density at radius 2 is 1.83 bits per heavy atom. The summed E-state index contributed by atoms with van der Waals surface area (Å²) in [5.74, 6) is 1.61. The molecule has 0 atom stereocenters. The number of benzene rings is 3. The summed E-state index contributed by atoms with van der Waals surface area (Å²) in [6.07, 6.45) is 1.56. The molecule has 0 aliphatic carbocycles. The highest BCUT2D eigenvalue weighted by Gasteiger charge is 2.27. The normalized spacial score (nSPS) is 13.6. The third-order valence-electron chi connectivity index (χ3n) is 4.63. The fraction of sp³-hybridized carbons (Fsp3) is 0.0870. The van der Waals surface area contributed by atoms with Crippen LogP contribution in [0.1, 0.15) is 21.5 Å². The van der Waals surface area contributed by atoms with Crippen molar-refractivity contribution >= 4 is 17.5 Å². The number of carbonyl (C=O) groups is 1. The second-order valence-electron chi connectivity index (χ2n) is 6.55. The van der Waals surface area contributed by atoms with Crippen LogP contribution >= 0.6 is 0 Å². The minimum absolute atomic E-state index is 0.0176. The van der Waals surface area contributed by atoms with Crippen molar-refractivity contribution in [3.05, 3.63) is 99.3 Å². The number of allylic oxidation sites excluding steroid dienone is 1. The molecule has 0 saturated heterocycles. The first kappa shape index (κ1) is 19.2. The minimum atomic E-state index is -0.476. The zero-order chi connectivity index (χ0) is 21.1. The zero-order valence-corrected chi connectivity index (χ0v) is 16.0. The first-order valence-electron chi connectivity index (χ1n) is 9.12. The summed E-state index contributed by atoms with van der Waals surface area (Å²) in [7, 11) is 1.60. The van der Waals surface area contributed by atoms with E-state index in [4.69, 9.17) is 14.2 Å². The van der Waals surface area contributed by atoms with Gasteiger partial charge in [0.15, 0.2) is 5.76 Å². The molecule has 0 amide bonds. The predicted octanol–water partition coefficient (Wildman–Crippen LogP) is 4.80. The fourth-order valence-electron chi connectivity index (χ4n) is 3.08. The number of ketones is 1. The fourth-order valence-corrected chi connectivity index (χ4v) is 3.08. The van der Waals surface area contributed by atoms with E-state index >= 15 is 0 Å². The van der Waals surface area contributed by atoms with Crippen molar-refractivity contribution in [1.82, 2.24) is 0 Å². The molecule has 0 fully saturated rings. The summed E-state index contributed by atoms with van der Waals surface area (Å²) < 4.78 is 16.9. The largest absolute Gasteiger partial charge is 0.496 e. The molecule has 7 nitrogen and oxygen atoms in total. The average molecular weight is 403 g/mol. The monoisotopic (exact) mass is 403 g/mol. The van der Waals surface area contributed by atoms with Crippen LogP contribution in [0.3, 0.4) is 0 Å². The van der Waals surface area contributed by atoms with Crippen molar-refractivity contribution in [2.24, 2.45) is 0 Å². The lowest BCUT2D eigenvalue weighted by molar-refractivity contribution is -0.384. The number of rotatable bonds is 6. The summed E-state index contributed by atoms with van der Waals surface area (Å²) in [4.78, 5) is 22.9. The van der Waals surface area contributed by atoms with Gasteiger partial charge in [0.05, 0.1) is 17.6 Å². The van der Waals surface area contributed by atoms with Gasteiger partial charge in [-0.2, -0.15) is 0 Å². The molecule has 3 aromatic carbocycles. The molecule has 0 unspecified atom stereocenters. The lowest BCUT2D eigenvalue weighted by Gasteiger charge is -2.10. The molecule has 1 aliphatic rings. The standard InChI is InChI=1S/C23H17NO6/c1-28-20-5-3-2-4-16(20)14-29-18-10-11-19-21(13-18)30-22(23(19)25)12-15-6-8-17(9-7-15)24(26)27/h2-13H,14H2,1H3/b22-12-. The van der Waals surface area contributed by atoms with Crippen molar-refractivity contribution in [2.75, 3.05) is 7.11 Å². The van der Waals surface area contributed by atoms with Gasteiger partial charge in [-0.3, -0.25) is 14.9 Å². The number of para-hydroxylation sites is 1. The lowest BCUT2D eigenvalue weighted by atomic mass is 10.1. The molecule has 4 rings (SSSR count). The Morgan fingerprint density at radius 3 is 2.57 bits per heavy atom. The van der Waals surface area contributed by atoms with Crippen LogP contribution < -0.4 is 14.2 Å². The van der Waals surface area contributed by atoms with Crippen LogP contribution in [0.2, 0.25) is 0 Å². The maximum atomic E-state index is 12.6. The number of nitro benzene ring substituents is 1. The predicted molar refractivity (Wildman–Crippen MR) is 110 cm³/mol. The van der Waals surface area contributed by atoms with Gasteiger partial charge in [-0.05, 0) is 42.0 Å². The van der Waals surface area contributed by atoms with Gasteiger partial charge in [-0.1, -0.05) is 18.2 Å². The van der Waals surface area contributed by atoms with Crippen LogP contribution in [0.25, 0.3) is 6.08 Å². The molecule has 7 heteroatoms. The van der Waals surface area contributed by atoms with Crippen LogP contribution in [-0.4, -0.2) is 17.8 Å². The number of nitro groups is 1. The molecule has 0 aromatic heterocycles. The van der Waals surface area contributed by atoms with Crippen LogP contribution in [-0.2, 0) is 6.61 Å². The summed E-state index contributed by atoms with van der Waals surface area (Å²) in [5, 5.41) is 10.8. The summed E-state index contributed by atoms with van der Waals surface area (Å²) in [5.41, 5.74) is 1.95. The molecule has 3 aromatic rings. The number of nitrogens with zero attached hydrogens (tertiary/aromatic N) is 1. The molecule has 0 bridgehead atoms. The lowest BCUT2D eigenvalue weighted by Crippen LogP contribution is -1.99. The van der Waals surface area contributed by atoms with Gasteiger partial charge in [-0.25, -0.2) is 0 Å². The quantitative estimate of drug-likeness (QED) is 0.334. The molecule has 0 N–H and O–H groups in total. The maximum Gasteiger partial charge on any atom is 0.269 e. The van der Waals surface area contributed by atoms with Gasteiger partial charge >= 0.3 is 0 Å². The Morgan fingerprint density at radius 1 is 1.07 bits per heavy atom. The number of hydrogen-bond donors (Lipinski definition) is 0. The van der Waals surface area contributed by atoms with Crippen molar-refractivity contribution < 1.29 is 23.9 Å². The smallest absolute Gasteiger partial charge is 0.269 e. The summed E-state index contributed by atoms with van der Waals surface area (Å²) in [6, 6.07) is 18.5. The zero-order valence-electron chi connectivity index (χ0n) is 16.0. The molecule has 0 radical (unpaired) electrons. The molecule has 1 heterocycles. The molecule has 0 saturated carbocycles. The highest BCUT2D eigenvalue weighted by Crippen LogP contribution is 2.35. The molecular weight excluding hydrogens is 386 g/mol. The van der Waals surface area contributed by atoms with Gasteiger partial charge < -0.3 is 14.2 Å². The number of Topliss-reactive ketones (excluding diaryl/α,β-unsaturated/α-hetero) is 1. The average Bonchev–Trinajstić information content (AvgIpc) is 3.07. The van der Waals surface area contributed by atoms with E-state index in [-0.39, 0.29) is 17.2 Å². The summed E-state index contributed by atoms with van der Waals surface area (Å²) in [6.45, 7) is 0.308. The van der Waals surface area contributed by atoms with E-state index in [0.717, 1.165) is 11.3 Å². The van der Waals surface area contributed by atoms with E-state index in [2.05, 4.69) is 0 Å². The maximum absolute atomic E-state index is 12.6. The van der Waals surface area contributed by atoms with E-state index in [1.165, 1.54) is 12.1 Å². The second kappa shape index (κ2) is 8.08. The first-order chi connectivity index (χ1) is 14.5. The highest BCUT2D eigenvalue weighted by atomic mass is 16.6. The minimum Gasteiger partial charge on any atom is -0.496 e. The van der Waals surface area contributed by atoms with E-state index in [9.17, 15) is 14.9 Å². The number of hydrogen-bond acceptors (Lipinski definition) is 6. The van der Waals surface area contributed by atoms with Crippen molar-refractivity contribution in [1.29, 1.82) is 0 Å². The van der Waals surface area contributed by atoms with Crippen molar-refractivity contribution in [3.8, 4) is 17.2 Å². The highest BCUT2D eigenvalue weighted by molar-refractivity contribution is 6.14. The SMILES string of the molecule is COc1ccccc1COc1ccc2c(c1)O/C(=C\c1ccc([N+](=O)[O-])cc1)C2=O. The van der Waals surface area contributed by atoms with Gasteiger partial charge in [0.2, 0.25) is 5.78 Å². The van der Waals surface area contributed by atoms with Crippen LogP contribution in [0.5, 0.6) is 17.2 Å². The van der Waals surface area contributed by atoms with Crippen LogP contribution in [0.4, 0.5) is 5.69 Å². The van der Waals surface area contributed by atoms with Gasteiger partial charge in [-0.15, -0.1) is 0 Å². The van der Waals surface area contributed by atoms with E-state index in [0.29, 0.717) is 29.2 Å². The van der Waals surface area contributed by atoms with E-state index in [1.54, 1.807) is 43.5 Å². The Bertz CT molecular complexity index is 1150. The van der Waals surface area contributed by atoms with Gasteiger partial charge in [0.1, 0.15) is 23.9 Å². The van der Waals surface area contributed by atoms with E-state index in [1.807, 2.05) is 24.3 Å². The topological polar surface area (TPSA) is 87.9 Å². The molecule has 150 valence electrons. The third-order valence-corrected chi connectivity index (χ3v) is 4.63. The molecule has 1 aliphatic heterocycles. The Hall–Kier alpha value is -4.13. The summed E-state index contributed by atoms with van der Waals surface area (Å²) >= 11 is 0. The second-order valence-corrected chi connectivity index (χ2v) is 6.55. The first-order valence-corrected chi connectivity index (χ1v) is 9.12. The molecule has 30 heavy (non-hydrogen) atoms. The molecular formula is C23H17NO6. The number of ether oxygens (including phenoxy) is 3. The Kier molecular flexibility index (Phi) is 5.17. The van der Waals surface area contributed by atoms with Gasteiger partial charge in [0, 0.05) is 23.8 Å². The number of carbonyl (C=O) groups excluding carboxylic acids is 1. The number of fused-ring (bicyclic) bond motifs is 1. The Labute approximate surface area is 172 Å². The Balaban J connectivity index is 1.50. The number of methoxy groups -OCH3 is 1. The van der Waals surface area contributed by atoms with Crippen molar-refractivity contribution in [3.63, 3.8) is 0 Å². The van der Waals surface area contributed by atoms with Gasteiger partial charge in [0.25, 0.3) is 5.69 Å². The third kappa shape index (κ3) is 3.86.